The van der Waals surface area contributed by atoms with Crippen LogP contribution in [0.2, 0.25) is 0 Å². The van der Waals surface area contributed by atoms with E-state index < -0.39 is 5.67 Å². The first kappa shape index (κ1) is 20.5. The number of fused-ring (bicyclic) bond motifs is 1. The van der Waals surface area contributed by atoms with Crippen LogP contribution in [0.4, 0.5) is 15.9 Å². The van der Waals surface area contributed by atoms with Crippen LogP contribution in [0.25, 0.3) is 22.0 Å². The fourth-order valence-corrected chi connectivity index (χ4v) is 3.77. The Labute approximate surface area is 189 Å². The summed E-state index contributed by atoms with van der Waals surface area (Å²) in [6, 6.07) is 12.6. The summed E-state index contributed by atoms with van der Waals surface area (Å²) in [5.41, 5.74) is 9.02. The van der Waals surface area contributed by atoms with Gasteiger partial charge in [-0.25, -0.2) is 9.37 Å². The summed E-state index contributed by atoms with van der Waals surface area (Å²) < 4.78 is 14.3. The van der Waals surface area contributed by atoms with Crippen molar-refractivity contribution < 1.29 is 9.18 Å². The fraction of sp³-hybridized carbons (Fsp3) is 0.160. The molecule has 3 aromatic heterocycles. The lowest BCUT2D eigenvalue weighted by Gasteiger charge is -2.12. The van der Waals surface area contributed by atoms with E-state index in [1.54, 1.807) is 24.5 Å². The topological polar surface area (TPSA) is 118 Å². The van der Waals surface area contributed by atoms with Crippen LogP contribution in [0.15, 0.2) is 55.0 Å². The molecule has 5 rings (SSSR count). The molecule has 1 saturated carbocycles. The SMILES string of the molecule is Cc1ccc(NC(=O)c2ccnc(C3(F)CC3)c2)cc1-c1cnc2c(C#N)c(N)ncc2c1. The maximum atomic E-state index is 14.3. The van der Waals surface area contributed by atoms with Gasteiger partial charge in [0.15, 0.2) is 5.67 Å². The van der Waals surface area contributed by atoms with Gasteiger partial charge in [0.2, 0.25) is 0 Å². The normalized spacial score (nSPS) is 14.0. The monoisotopic (exact) mass is 438 g/mol. The van der Waals surface area contributed by atoms with Gasteiger partial charge in [0.05, 0.1) is 11.2 Å². The lowest BCUT2D eigenvalue weighted by atomic mass is 9.99. The van der Waals surface area contributed by atoms with Gasteiger partial charge in [0.1, 0.15) is 17.5 Å². The van der Waals surface area contributed by atoms with E-state index in [1.807, 2.05) is 31.2 Å². The summed E-state index contributed by atoms with van der Waals surface area (Å²) in [6.07, 6.45) is 5.58. The van der Waals surface area contributed by atoms with E-state index in [2.05, 4.69) is 20.3 Å². The van der Waals surface area contributed by atoms with Crippen LogP contribution in [-0.2, 0) is 5.67 Å². The third-order valence-corrected chi connectivity index (χ3v) is 5.84. The Bertz CT molecular complexity index is 1470. The number of halogens is 1. The van der Waals surface area contributed by atoms with E-state index in [0.29, 0.717) is 40.7 Å². The number of alkyl halides is 1. The van der Waals surface area contributed by atoms with Crippen molar-refractivity contribution in [2.45, 2.75) is 25.4 Å². The van der Waals surface area contributed by atoms with Gasteiger partial charge >= 0.3 is 0 Å². The number of nitrogens with two attached hydrogens (primary N) is 1. The molecular formula is C25H19FN6O. The number of anilines is 2. The van der Waals surface area contributed by atoms with Crippen molar-refractivity contribution in [2.24, 2.45) is 0 Å². The number of hydrogen-bond donors (Lipinski definition) is 2. The zero-order valence-corrected chi connectivity index (χ0v) is 17.8. The molecule has 0 radical (unpaired) electrons. The molecule has 1 aromatic carbocycles. The molecule has 1 fully saturated rings. The first-order chi connectivity index (χ1) is 15.9. The van der Waals surface area contributed by atoms with Gasteiger partial charge in [-0.05, 0) is 61.2 Å². The average molecular weight is 438 g/mol. The van der Waals surface area contributed by atoms with Gasteiger partial charge in [0, 0.05) is 40.8 Å². The van der Waals surface area contributed by atoms with Gasteiger partial charge in [-0.15, -0.1) is 0 Å². The molecule has 0 aliphatic heterocycles. The van der Waals surface area contributed by atoms with Crippen LogP contribution >= 0.6 is 0 Å². The second-order valence-corrected chi connectivity index (χ2v) is 8.17. The van der Waals surface area contributed by atoms with Crippen molar-refractivity contribution in [3.05, 3.63) is 77.4 Å². The Balaban J connectivity index is 1.46. The maximum absolute atomic E-state index is 14.3. The molecule has 0 atom stereocenters. The van der Waals surface area contributed by atoms with Crippen LogP contribution in [0.5, 0.6) is 0 Å². The van der Waals surface area contributed by atoms with Crippen molar-refractivity contribution in [2.75, 3.05) is 11.1 Å². The predicted octanol–water partition coefficient (Wildman–Crippen LogP) is 4.67. The molecule has 33 heavy (non-hydrogen) atoms. The number of nitrogen functional groups attached to an aromatic ring is 1. The van der Waals surface area contributed by atoms with Gasteiger partial charge in [-0.2, -0.15) is 5.26 Å². The van der Waals surface area contributed by atoms with E-state index in [1.165, 1.54) is 12.3 Å². The van der Waals surface area contributed by atoms with Gasteiger partial charge in [-0.3, -0.25) is 14.8 Å². The second-order valence-electron chi connectivity index (χ2n) is 8.17. The number of aryl methyl sites for hydroxylation is 1. The van der Waals surface area contributed by atoms with Crippen LogP contribution < -0.4 is 11.1 Å². The molecule has 0 unspecified atom stereocenters. The standard InChI is InChI=1S/C25H19FN6O/c1-14-2-3-18(32-24(33)15-4-7-29-21(9-15)25(26)5-6-25)10-19(14)16-8-17-13-31-23(28)20(11-27)22(17)30-12-16/h2-4,7-10,12-13H,5-6H2,1H3,(H2,28,31)(H,32,33). The van der Waals surface area contributed by atoms with E-state index in [0.717, 1.165) is 16.7 Å². The van der Waals surface area contributed by atoms with Crippen molar-refractivity contribution in [1.82, 2.24) is 15.0 Å². The molecule has 8 heteroatoms. The first-order valence-electron chi connectivity index (χ1n) is 10.4. The molecule has 1 aliphatic carbocycles. The smallest absolute Gasteiger partial charge is 0.255 e. The Morgan fingerprint density at radius 3 is 2.73 bits per heavy atom. The number of carbonyl (C=O) groups excluding carboxylic acids is 1. The maximum Gasteiger partial charge on any atom is 0.255 e. The molecule has 3 heterocycles. The third kappa shape index (κ3) is 3.74. The lowest BCUT2D eigenvalue weighted by molar-refractivity contribution is 0.102. The van der Waals surface area contributed by atoms with E-state index >= 15 is 0 Å². The molecule has 4 aromatic rings. The van der Waals surface area contributed by atoms with E-state index in [4.69, 9.17) is 5.73 Å². The van der Waals surface area contributed by atoms with Crippen molar-refractivity contribution in [1.29, 1.82) is 5.26 Å². The largest absolute Gasteiger partial charge is 0.383 e. The highest BCUT2D eigenvalue weighted by Crippen LogP contribution is 2.48. The van der Waals surface area contributed by atoms with Crippen molar-refractivity contribution >= 4 is 28.3 Å². The highest BCUT2D eigenvalue weighted by Gasteiger charge is 2.46. The molecule has 1 amide bonds. The summed E-state index contributed by atoms with van der Waals surface area (Å²) in [5.74, 6) is -0.196. The summed E-state index contributed by atoms with van der Waals surface area (Å²) in [6.45, 7) is 1.96. The Hall–Kier alpha value is -4.38. The molecule has 7 nitrogen and oxygen atoms in total. The summed E-state index contributed by atoms with van der Waals surface area (Å²) in [5, 5.41) is 12.9. The number of amides is 1. The average Bonchev–Trinajstić information content (AvgIpc) is 3.58. The van der Waals surface area contributed by atoms with Crippen molar-refractivity contribution in [3.63, 3.8) is 0 Å². The number of nitrogens with zero attached hydrogens (tertiary/aromatic N) is 4. The quantitative estimate of drug-likeness (QED) is 0.478. The first-order valence-corrected chi connectivity index (χ1v) is 10.4. The summed E-state index contributed by atoms with van der Waals surface area (Å²) in [4.78, 5) is 25.4. The highest BCUT2D eigenvalue weighted by atomic mass is 19.1. The number of aromatic nitrogens is 3. The van der Waals surface area contributed by atoms with Crippen LogP contribution in [0, 0.1) is 18.3 Å². The molecule has 0 bridgehead atoms. The number of pyridine rings is 3. The van der Waals surface area contributed by atoms with Crippen LogP contribution in [0.3, 0.4) is 0 Å². The minimum Gasteiger partial charge on any atom is -0.383 e. The Morgan fingerprint density at radius 1 is 1.15 bits per heavy atom. The summed E-state index contributed by atoms with van der Waals surface area (Å²) in [7, 11) is 0. The predicted molar refractivity (Wildman–Crippen MR) is 123 cm³/mol. The van der Waals surface area contributed by atoms with E-state index in [-0.39, 0.29) is 17.3 Å². The zero-order valence-electron chi connectivity index (χ0n) is 17.8. The van der Waals surface area contributed by atoms with Gasteiger partial charge in [0.25, 0.3) is 5.91 Å². The molecule has 162 valence electrons. The number of carbonyl (C=O) groups is 1. The van der Waals surface area contributed by atoms with Gasteiger partial charge < -0.3 is 11.1 Å². The Morgan fingerprint density at radius 2 is 1.97 bits per heavy atom. The lowest BCUT2D eigenvalue weighted by Crippen LogP contribution is -2.13. The third-order valence-electron chi connectivity index (χ3n) is 5.84. The number of rotatable bonds is 4. The molecule has 0 saturated heterocycles. The van der Waals surface area contributed by atoms with E-state index in [9.17, 15) is 14.4 Å². The van der Waals surface area contributed by atoms with Crippen molar-refractivity contribution in [3.8, 4) is 17.2 Å². The number of benzene rings is 1. The van der Waals surface area contributed by atoms with Crippen LogP contribution in [0.1, 0.15) is 40.0 Å². The van der Waals surface area contributed by atoms with Gasteiger partial charge in [-0.1, -0.05) is 6.07 Å². The second kappa shape index (κ2) is 7.64. The Kier molecular flexibility index (Phi) is 4.75. The zero-order chi connectivity index (χ0) is 23.2. The fourth-order valence-electron chi connectivity index (χ4n) is 3.77. The number of hydrogen-bond acceptors (Lipinski definition) is 6. The minimum atomic E-state index is -1.40. The highest BCUT2D eigenvalue weighted by molar-refractivity contribution is 6.04. The molecule has 1 aliphatic rings. The number of nitrogens with one attached hydrogen (secondary N) is 1. The molecular weight excluding hydrogens is 419 g/mol. The summed E-state index contributed by atoms with van der Waals surface area (Å²) >= 11 is 0. The number of nitriles is 1. The minimum absolute atomic E-state index is 0.144. The molecule has 0 spiro atoms. The molecule has 3 N–H and O–H groups in total. The van der Waals surface area contributed by atoms with Crippen LogP contribution in [-0.4, -0.2) is 20.9 Å².